The van der Waals surface area contributed by atoms with Gasteiger partial charge < -0.3 is 5.21 Å². The third-order valence-corrected chi connectivity index (χ3v) is 3.47. The highest BCUT2D eigenvalue weighted by molar-refractivity contribution is 6.03. The quantitative estimate of drug-likeness (QED) is 0.426. The van der Waals surface area contributed by atoms with Crippen LogP contribution in [0.1, 0.15) is 11.1 Å². The Hall–Kier alpha value is -2.61. The summed E-state index contributed by atoms with van der Waals surface area (Å²) in [5.41, 5.74) is 2.80. The van der Waals surface area contributed by atoms with Crippen LogP contribution in [-0.2, 0) is 6.42 Å². The van der Waals surface area contributed by atoms with Gasteiger partial charge >= 0.3 is 0 Å². The molecule has 0 amide bonds. The summed E-state index contributed by atoms with van der Waals surface area (Å²) in [7, 11) is 0. The molecule has 3 aromatic carbocycles. The Morgan fingerprint density at radius 1 is 0.800 bits per heavy atom. The molecule has 3 aromatic rings. The fourth-order valence-electron chi connectivity index (χ4n) is 2.45. The first-order valence-corrected chi connectivity index (χ1v) is 6.61. The fraction of sp³-hybridized carbons (Fsp3) is 0.0556. The second-order valence-electron chi connectivity index (χ2n) is 4.73. The number of rotatable bonds is 3. The molecule has 0 aromatic heterocycles. The van der Waals surface area contributed by atoms with Crippen molar-refractivity contribution in [3.8, 4) is 0 Å². The Bertz CT molecular complexity index is 742. The average Bonchev–Trinajstić information content (AvgIpc) is 2.53. The standard InChI is InChI=1S/C18H15NO/c20-19-18(15-8-2-1-3-9-15)13-16-11-6-10-14-7-4-5-12-17(14)16/h1-12,20H,13H2. The molecule has 2 heteroatoms. The van der Waals surface area contributed by atoms with Crippen LogP contribution in [0.4, 0.5) is 0 Å². The van der Waals surface area contributed by atoms with E-state index in [1.807, 2.05) is 48.5 Å². The summed E-state index contributed by atoms with van der Waals surface area (Å²) in [6, 6.07) is 24.2. The van der Waals surface area contributed by atoms with E-state index in [0.29, 0.717) is 12.1 Å². The van der Waals surface area contributed by atoms with Gasteiger partial charge in [0.25, 0.3) is 0 Å². The number of fused-ring (bicyclic) bond motifs is 1. The van der Waals surface area contributed by atoms with Gasteiger partial charge in [0.15, 0.2) is 0 Å². The average molecular weight is 261 g/mol. The van der Waals surface area contributed by atoms with Crippen LogP contribution in [-0.4, -0.2) is 10.9 Å². The van der Waals surface area contributed by atoms with Gasteiger partial charge in [0.05, 0.1) is 5.71 Å². The highest BCUT2D eigenvalue weighted by atomic mass is 16.4. The molecule has 0 saturated carbocycles. The minimum atomic E-state index is 0.613. The second kappa shape index (κ2) is 5.57. The van der Waals surface area contributed by atoms with Crippen LogP contribution >= 0.6 is 0 Å². The van der Waals surface area contributed by atoms with Gasteiger partial charge in [-0.25, -0.2) is 0 Å². The SMILES string of the molecule is ON=C(Cc1cccc2ccccc12)c1ccccc1. The molecule has 1 N–H and O–H groups in total. The van der Waals surface area contributed by atoms with Gasteiger partial charge in [-0.1, -0.05) is 78.0 Å². The van der Waals surface area contributed by atoms with Gasteiger partial charge in [0.2, 0.25) is 0 Å². The molecule has 0 radical (unpaired) electrons. The number of hydrogen-bond donors (Lipinski definition) is 1. The van der Waals surface area contributed by atoms with E-state index in [1.165, 1.54) is 16.3 Å². The van der Waals surface area contributed by atoms with Crippen LogP contribution in [0, 0.1) is 0 Å². The first-order valence-electron chi connectivity index (χ1n) is 6.61. The lowest BCUT2D eigenvalue weighted by Gasteiger charge is -2.08. The minimum Gasteiger partial charge on any atom is -0.411 e. The van der Waals surface area contributed by atoms with Gasteiger partial charge in [0, 0.05) is 6.42 Å². The van der Waals surface area contributed by atoms with Gasteiger partial charge in [-0.3, -0.25) is 0 Å². The van der Waals surface area contributed by atoms with Crippen molar-refractivity contribution in [3.05, 3.63) is 83.9 Å². The highest BCUT2D eigenvalue weighted by Gasteiger charge is 2.08. The van der Waals surface area contributed by atoms with Gasteiger partial charge in [-0.2, -0.15) is 0 Å². The predicted molar refractivity (Wildman–Crippen MR) is 82.4 cm³/mol. The normalized spacial score (nSPS) is 11.7. The molecule has 0 unspecified atom stereocenters. The molecule has 0 atom stereocenters. The maximum absolute atomic E-state index is 9.30. The van der Waals surface area contributed by atoms with Crippen LogP contribution in [0.15, 0.2) is 78.0 Å². The molecule has 20 heavy (non-hydrogen) atoms. The lowest BCUT2D eigenvalue weighted by Crippen LogP contribution is -2.05. The van der Waals surface area contributed by atoms with Crippen molar-refractivity contribution >= 4 is 16.5 Å². The summed E-state index contributed by atoms with van der Waals surface area (Å²) in [5.74, 6) is 0. The smallest absolute Gasteiger partial charge is 0.0911 e. The summed E-state index contributed by atoms with van der Waals surface area (Å²) < 4.78 is 0. The molecule has 98 valence electrons. The summed E-state index contributed by atoms with van der Waals surface area (Å²) in [4.78, 5) is 0. The molecule has 3 rings (SSSR count). The molecule has 0 spiro atoms. The Kier molecular flexibility index (Phi) is 3.46. The first-order chi connectivity index (χ1) is 9.88. The van der Waals surface area contributed by atoms with Crippen molar-refractivity contribution in [2.75, 3.05) is 0 Å². The number of nitrogens with zero attached hydrogens (tertiary/aromatic N) is 1. The number of hydrogen-bond acceptors (Lipinski definition) is 2. The predicted octanol–water partition coefficient (Wildman–Crippen LogP) is 4.26. The third kappa shape index (κ3) is 2.41. The monoisotopic (exact) mass is 261 g/mol. The molecule has 2 nitrogen and oxygen atoms in total. The van der Waals surface area contributed by atoms with Gasteiger partial charge in [0.1, 0.15) is 0 Å². The summed E-state index contributed by atoms with van der Waals surface area (Å²) in [5, 5.41) is 15.2. The van der Waals surface area contributed by atoms with Gasteiger partial charge in [-0.05, 0) is 21.9 Å². The molecule has 0 heterocycles. The van der Waals surface area contributed by atoms with Crippen molar-refractivity contribution in [3.63, 3.8) is 0 Å². The van der Waals surface area contributed by atoms with E-state index in [1.54, 1.807) is 0 Å². The first kappa shape index (κ1) is 12.4. The van der Waals surface area contributed by atoms with E-state index in [2.05, 4.69) is 29.4 Å². The Labute approximate surface area is 118 Å². The van der Waals surface area contributed by atoms with Crippen LogP contribution in [0.25, 0.3) is 10.8 Å². The van der Waals surface area contributed by atoms with Crippen molar-refractivity contribution in [2.24, 2.45) is 5.16 Å². The van der Waals surface area contributed by atoms with Crippen molar-refractivity contribution in [2.45, 2.75) is 6.42 Å². The minimum absolute atomic E-state index is 0.613. The highest BCUT2D eigenvalue weighted by Crippen LogP contribution is 2.20. The maximum atomic E-state index is 9.30. The Morgan fingerprint density at radius 2 is 1.50 bits per heavy atom. The van der Waals surface area contributed by atoms with Crippen LogP contribution in [0.3, 0.4) is 0 Å². The molecule has 0 aliphatic rings. The van der Waals surface area contributed by atoms with Crippen molar-refractivity contribution < 1.29 is 5.21 Å². The van der Waals surface area contributed by atoms with Crippen molar-refractivity contribution in [1.29, 1.82) is 0 Å². The van der Waals surface area contributed by atoms with E-state index in [-0.39, 0.29) is 0 Å². The molecular formula is C18H15NO. The molecule has 0 bridgehead atoms. The Balaban J connectivity index is 2.01. The molecule has 0 aliphatic carbocycles. The van der Waals surface area contributed by atoms with E-state index in [4.69, 9.17) is 0 Å². The summed E-state index contributed by atoms with van der Waals surface area (Å²) in [6.07, 6.45) is 0.613. The zero-order valence-corrected chi connectivity index (χ0v) is 11.0. The topological polar surface area (TPSA) is 32.6 Å². The lowest BCUT2D eigenvalue weighted by molar-refractivity contribution is 0.318. The zero-order chi connectivity index (χ0) is 13.8. The summed E-state index contributed by atoms with van der Waals surface area (Å²) >= 11 is 0. The Morgan fingerprint density at radius 3 is 2.30 bits per heavy atom. The maximum Gasteiger partial charge on any atom is 0.0911 e. The lowest BCUT2D eigenvalue weighted by atomic mass is 9.97. The fourth-order valence-corrected chi connectivity index (χ4v) is 2.45. The van der Waals surface area contributed by atoms with E-state index >= 15 is 0 Å². The van der Waals surface area contributed by atoms with Crippen LogP contribution < -0.4 is 0 Å². The van der Waals surface area contributed by atoms with E-state index in [0.717, 1.165) is 5.56 Å². The molecule has 0 saturated heterocycles. The van der Waals surface area contributed by atoms with Crippen LogP contribution in [0.2, 0.25) is 0 Å². The number of benzene rings is 3. The second-order valence-corrected chi connectivity index (χ2v) is 4.73. The van der Waals surface area contributed by atoms with E-state index in [9.17, 15) is 5.21 Å². The van der Waals surface area contributed by atoms with Gasteiger partial charge in [-0.15, -0.1) is 0 Å². The molecular weight excluding hydrogens is 246 g/mol. The third-order valence-electron chi connectivity index (χ3n) is 3.47. The summed E-state index contributed by atoms with van der Waals surface area (Å²) in [6.45, 7) is 0. The van der Waals surface area contributed by atoms with Crippen LogP contribution in [0.5, 0.6) is 0 Å². The molecule has 0 fully saturated rings. The molecule has 0 aliphatic heterocycles. The largest absolute Gasteiger partial charge is 0.411 e. The van der Waals surface area contributed by atoms with E-state index < -0.39 is 0 Å². The number of oxime groups is 1. The zero-order valence-electron chi connectivity index (χ0n) is 11.0. The van der Waals surface area contributed by atoms with Crippen molar-refractivity contribution in [1.82, 2.24) is 0 Å².